The molecular formula is C10H7BrINO. The molecule has 0 aliphatic heterocycles. The van der Waals surface area contributed by atoms with Crippen molar-refractivity contribution in [1.29, 1.82) is 0 Å². The van der Waals surface area contributed by atoms with E-state index in [0.717, 1.165) is 17.0 Å². The van der Waals surface area contributed by atoms with Crippen molar-refractivity contribution in [3.8, 4) is 11.3 Å². The molecule has 0 N–H and O–H groups in total. The van der Waals surface area contributed by atoms with Gasteiger partial charge >= 0.3 is 0 Å². The standard InChI is InChI=1S/C10H7BrINO/c11-5-9-10(14-6-13-9)7-2-1-3-8(12)4-7/h1-4,6H,5H2. The molecule has 2 nitrogen and oxygen atoms in total. The maximum absolute atomic E-state index is 5.35. The first-order chi connectivity index (χ1) is 6.81. The van der Waals surface area contributed by atoms with Gasteiger partial charge in [0.2, 0.25) is 0 Å². The quantitative estimate of drug-likeness (QED) is 0.598. The first kappa shape index (κ1) is 10.2. The molecular weight excluding hydrogens is 357 g/mol. The summed E-state index contributed by atoms with van der Waals surface area (Å²) in [5.41, 5.74) is 2.01. The zero-order chi connectivity index (χ0) is 9.97. The van der Waals surface area contributed by atoms with Crippen molar-refractivity contribution in [2.45, 2.75) is 5.33 Å². The number of alkyl halides is 1. The van der Waals surface area contributed by atoms with E-state index in [1.54, 1.807) is 0 Å². The molecule has 0 fully saturated rings. The fourth-order valence-corrected chi connectivity index (χ4v) is 2.17. The van der Waals surface area contributed by atoms with Crippen molar-refractivity contribution in [1.82, 2.24) is 4.98 Å². The van der Waals surface area contributed by atoms with Gasteiger partial charge in [-0.3, -0.25) is 0 Å². The van der Waals surface area contributed by atoms with Crippen LogP contribution in [-0.4, -0.2) is 4.98 Å². The molecule has 0 saturated heterocycles. The lowest BCUT2D eigenvalue weighted by atomic mass is 10.1. The van der Waals surface area contributed by atoms with E-state index in [4.69, 9.17) is 4.42 Å². The van der Waals surface area contributed by atoms with Gasteiger partial charge in [0.05, 0.1) is 5.69 Å². The highest BCUT2D eigenvalue weighted by atomic mass is 127. The molecule has 1 aromatic heterocycles. The smallest absolute Gasteiger partial charge is 0.181 e. The van der Waals surface area contributed by atoms with Crippen LogP contribution in [0.3, 0.4) is 0 Å². The summed E-state index contributed by atoms with van der Waals surface area (Å²) in [6, 6.07) is 8.16. The summed E-state index contributed by atoms with van der Waals surface area (Å²) in [5.74, 6) is 0.848. The second-order valence-electron chi connectivity index (χ2n) is 2.77. The highest BCUT2D eigenvalue weighted by molar-refractivity contribution is 14.1. The zero-order valence-corrected chi connectivity index (χ0v) is 10.9. The van der Waals surface area contributed by atoms with Crippen LogP contribution in [0.5, 0.6) is 0 Å². The molecule has 1 heterocycles. The zero-order valence-electron chi connectivity index (χ0n) is 7.21. The van der Waals surface area contributed by atoms with Crippen LogP contribution in [-0.2, 0) is 5.33 Å². The SMILES string of the molecule is BrCc1ncoc1-c1cccc(I)c1. The number of rotatable bonds is 2. The van der Waals surface area contributed by atoms with E-state index in [9.17, 15) is 0 Å². The lowest BCUT2D eigenvalue weighted by Gasteiger charge is -1.98. The molecule has 1 aromatic carbocycles. The van der Waals surface area contributed by atoms with Gasteiger partial charge in [-0.2, -0.15) is 0 Å². The molecule has 0 aliphatic carbocycles. The molecule has 0 unspecified atom stereocenters. The molecule has 0 radical (unpaired) electrons. The van der Waals surface area contributed by atoms with Crippen molar-refractivity contribution in [2.75, 3.05) is 0 Å². The molecule has 2 aromatic rings. The molecule has 0 spiro atoms. The van der Waals surface area contributed by atoms with Crippen molar-refractivity contribution < 1.29 is 4.42 Å². The Bertz CT molecular complexity index is 441. The third-order valence-corrected chi connectivity index (χ3v) is 3.06. The minimum atomic E-state index is 0.713. The second-order valence-corrected chi connectivity index (χ2v) is 4.58. The predicted octanol–water partition coefficient (Wildman–Crippen LogP) is 3.84. The Morgan fingerprint density at radius 3 is 3.00 bits per heavy atom. The van der Waals surface area contributed by atoms with E-state index < -0.39 is 0 Å². The van der Waals surface area contributed by atoms with Crippen LogP contribution in [0.25, 0.3) is 11.3 Å². The third kappa shape index (κ3) is 2.00. The molecule has 0 saturated carbocycles. The van der Waals surface area contributed by atoms with Crippen LogP contribution in [0, 0.1) is 3.57 Å². The van der Waals surface area contributed by atoms with Crippen LogP contribution in [0.4, 0.5) is 0 Å². The Morgan fingerprint density at radius 2 is 2.29 bits per heavy atom. The number of benzene rings is 1. The van der Waals surface area contributed by atoms with Gasteiger partial charge in [0.1, 0.15) is 0 Å². The highest BCUT2D eigenvalue weighted by Gasteiger charge is 2.09. The number of hydrogen-bond donors (Lipinski definition) is 0. The van der Waals surface area contributed by atoms with Crippen molar-refractivity contribution in [3.05, 3.63) is 39.9 Å². The number of aromatic nitrogens is 1. The normalized spacial score (nSPS) is 10.4. The van der Waals surface area contributed by atoms with Gasteiger partial charge in [-0.1, -0.05) is 28.1 Å². The van der Waals surface area contributed by atoms with E-state index in [2.05, 4.69) is 49.6 Å². The second kappa shape index (κ2) is 4.44. The monoisotopic (exact) mass is 363 g/mol. The topological polar surface area (TPSA) is 26.0 Å². The van der Waals surface area contributed by atoms with Gasteiger partial charge in [0.15, 0.2) is 12.2 Å². The molecule has 0 aliphatic rings. The summed E-state index contributed by atoms with van der Waals surface area (Å²) >= 11 is 5.66. The van der Waals surface area contributed by atoms with E-state index in [1.807, 2.05) is 18.2 Å². The van der Waals surface area contributed by atoms with Crippen LogP contribution >= 0.6 is 38.5 Å². The summed E-state index contributed by atoms with van der Waals surface area (Å²) in [6.07, 6.45) is 1.48. The fraction of sp³-hybridized carbons (Fsp3) is 0.100. The van der Waals surface area contributed by atoms with Gasteiger partial charge < -0.3 is 4.42 Å². The van der Waals surface area contributed by atoms with Crippen LogP contribution < -0.4 is 0 Å². The number of oxazole rings is 1. The molecule has 4 heteroatoms. The van der Waals surface area contributed by atoms with E-state index in [-0.39, 0.29) is 0 Å². The lowest BCUT2D eigenvalue weighted by molar-refractivity contribution is 0.571. The van der Waals surface area contributed by atoms with E-state index in [0.29, 0.717) is 5.33 Å². The maximum Gasteiger partial charge on any atom is 0.181 e. The Labute approximate surface area is 104 Å². The summed E-state index contributed by atoms with van der Waals surface area (Å²) in [6.45, 7) is 0. The summed E-state index contributed by atoms with van der Waals surface area (Å²) in [4.78, 5) is 4.12. The van der Waals surface area contributed by atoms with Crippen LogP contribution in [0.15, 0.2) is 35.1 Å². The molecule has 0 amide bonds. The molecule has 72 valence electrons. The highest BCUT2D eigenvalue weighted by Crippen LogP contribution is 2.25. The van der Waals surface area contributed by atoms with Crippen molar-refractivity contribution in [2.24, 2.45) is 0 Å². The lowest BCUT2D eigenvalue weighted by Crippen LogP contribution is -1.83. The summed E-state index contributed by atoms with van der Waals surface area (Å²) < 4.78 is 6.54. The average Bonchev–Trinajstić information content (AvgIpc) is 2.65. The molecule has 14 heavy (non-hydrogen) atoms. The largest absolute Gasteiger partial charge is 0.443 e. The summed E-state index contributed by atoms with van der Waals surface area (Å²) in [5, 5.41) is 0.713. The number of halogens is 2. The van der Waals surface area contributed by atoms with Gasteiger partial charge in [0, 0.05) is 14.5 Å². The summed E-state index contributed by atoms with van der Waals surface area (Å²) in [7, 11) is 0. The van der Waals surface area contributed by atoms with Gasteiger partial charge in [0.25, 0.3) is 0 Å². The fourth-order valence-electron chi connectivity index (χ4n) is 1.23. The Morgan fingerprint density at radius 1 is 1.43 bits per heavy atom. The van der Waals surface area contributed by atoms with Crippen molar-refractivity contribution >= 4 is 38.5 Å². The van der Waals surface area contributed by atoms with E-state index in [1.165, 1.54) is 9.96 Å². The van der Waals surface area contributed by atoms with Crippen LogP contribution in [0.1, 0.15) is 5.69 Å². The molecule has 2 rings (SSSR count). The minimum absolute atomic E-state index is 0.713. The molecule has 0 atom stereocenters. The van der Waals surface area contributed by atoms with Gasteiger partial charge in [-0.05, 0) is 34.7 Å². The van der Waals surface area contributed by atoms with Crippen LogP contribution in [0.2, 0.25) is 0 Å². The predicted molar refractivity (Wildman–Crippen MR) is 67.3 cm³/mol. The maximum atomic E-state index is 5.35. The van der Waals surface area contributed by atoms with Gasteiger partial charge in [-0.15, -0.1) is 0 Å². The number of hydrogen-bond acceptors (Lipinski definition) is 2. The van der Waals surface area contributed by atoms with Gasteiger partial charge in [-0.25, -0.2) is 4.98 Å². The van der Waals surface area contributed by atoms with E-state index >= 15 is 0 Å². The minimum Gasteiger partial charge on any atom is -0.443 e. The Hall–Kier alpha value is -0.360. The third-order valence-electron chi connectivity index (χ3n) is 1.85. The molecule has 0 bridgehead atoms. The number of nitrogens with zero attached hydrogens (tertiary/aromatic N) is 1. The first-order valence-corrected chi connectivity index (χ1v) is 6.25. The van der Waals surface area contributed by atoms with Crippen molar-refractivity contribution in [3.63, 3.8) is 0 Å². The average molecular weight is 364 g/mol. The first-order valence-electron chi connectivity index (χ1n) is 4.05. The Balaban J connectivity index is 2.49. The Kier molecular flexibility index (Phi) is 3.22.